The van der Waals surface area contributed by atoms with E-state index in [2.05, 4.69) is 44.3 Å². The molecule has 110 valence electrons. The van der Waals surface area contributed by atoms with Crippen molar-refractivity contribution >= 4 is 11.6 Å². The molecule has 0 radical (unpaired) electrons. The molecule has 3 heteroatoms. The van der Waals surface area contributed by atoms with E-state index in [1.54, 1.807) is 0 Å². The molecule has 2 aromatic rings. The molecule has 21 heavy (non-hydrogen) atoms. The molecule has 0 aliphatic carbocycles. The Morgan fingerprint density at radius 2 is 1.76 bits per heavy atom. The van der Waals surface area contributed by atoms with Crippen LogP contribution in [0.1, 0.15) is 44.0 Å². The maximum atomic E-state index is 6.30. The van der Waals surface area contributed by atoms with Gasteiger partial charge in [-0.3, -0.25) is 5.32 Å². The highest BCUT2D eigenvalue weighted by atomic mass is 35.5. The standard InChI is InChI=1S/C18H20ClNO/c1-12(13-8-4-6-10-15(13)19)20-17-14-9-5-7-11-16(14)21-18(17,2)3/h4-12,17,20H,1-3H3/t12-,17?/m0/s1. The molecule has 1 heterocycles. The first kappa shape index (κ1) is 14.4. The Labute approximate surface area is 131 Å². The summed E-state index contributed by atoms with van der Waals surface area (Å²) in [5, 5.41) is 4.47. The molecule has 0 fully saturated rings. The average molecular weight is 302 g/mol. The molecule has 1 aliphatic heterocycles. The molecule has 0 saturated heterocycles. The zero-order chi connectivity index (χ0) is 15.0. The average Bonchev–Trinajstić information content (AvgIpc) is 2.70. The molecule has 0 bridgehead atoms. The van der Waals surface area contributed by atoms with Crippen molar-refractivity contribution in [2.45, 2.75) is 38.5 Å². The molecule has 2 nitrogen and oxygen atoms in total. The van der Waals surface area contributed by atoms with Crippen molar-refractivity contribution in [1.29, 1.82) is 0 Å². The number of fused-ring (bicyclic) bond motifs is 1. The Morgan fingerprint density at radius 3 is 2.52 bits per heavy atom. The van der Waals surface area contributed by atoms with Crippen LogP contribution in [0.3, 0.4) is 0 Å². The van der Waals surface area contributed by atoms with Gasteiger partial charge in [0.25, 0.3) is 0 Å². The smallest absolute Gasteiger partial charge is 0.125 e. The summed E-state index contributed by atoms with van der Waals surface area (Å²) in [4.78, 5) is 0. The third kappa shape index (κ3) is 2.66. The van der Waals surface area contributed by atoms with Crippen LogP contribution < -0.4 is 10.1 Å². The summed E-state index contributed by atoms with van der Waals surface area (Å²) in [6.07, 6.45) is 0. The lowest BCUT2D eigenvalue weighted by atomic mass is 9.93. The topological polar surface area (TPSA) is 21.3 Å². The molecule has 1 aliphatic rings. The molecule has 1 unspecified atom stereocenters. The van der Waals surface area contributed by atoms with Crippen LogP contribution in [0.25, 0.3) is 0 Å². The Balaban J connectivity index is 1.89. The van der Waals surface area contributed by atoms with Crippen molar-refractivity contribution in [2.75, 3.05) is 0 Å². The largest absolute Gasteiger partial charge is 0.486 e. The zero-order valence-corrected chi connectivity index (χ0v) is 13.3. The van der Waals surface area contributed by atoms with Crippen LogP contribution >= 0.6 is 11.6 Å². The lowest BCUT2D eigenvalue weighted by Crippen LogP contribution is -2.40. The zero-order valence-electron chi connectivity index (χ0n) is 12.6. The lowest BCUT2D eigenvalue weighted by Gasteiger charge is -2.30. The fourth-order valence-corrected chi connectivity index (χ4v) is 3.28. The van der Waals surface area contributed by atoms with E-state index in [0.29, 0.717) is 0 Å². The number of halogens is 1. The summed E-state index contributed by atoms with van der Waals surface area (Å²) < 4.78 is 6.08. The first-order valence-electron chi connectivity index (χ1n) is 7.27. The number of ether oxygens (including phenoxy) is 1. The number of hydrogen-bond acceptors (Lipinski definition) is 2. The first-order valence-corrected chi connectivity index (χ1v) is 7.65. The summed E-state index contributed by atoms with van der Waals surface area (Å²) in [6, 6.07) is 16.5. The Kier molecular flexibility index (Phi) is 3.68. The van der Waals surface area contributed by atoms with Gasteiger partial charge in [-0.2, -0.15) is 0 Å². The predicted molar refractivity (Wildman–Crippen MR) is 86.9 cm³/mol. The van der Waals surface area contributed by atoms with Gasteiger partial charge in [-0.05, 0) is 38.5 Å². The van der Waals surface area contributed by atoms with Crippen LogP contribution in [-0.2, 0) is 0 Å². The van der Waals surface area contributed by atoms with Gasteiger partial charge in [0.2, 0.25) is 0 Å². The predicted octanol–water partition coefficient (Wildman–Crippen LogP) is 4.90. The maximum Gasteiger partial charge on any atom is 0.125 e. The van der Waals surface area contributed by atoms with E-state index in [-0.39, 0.29) is 17.7 Å². The molecule has 0 amide bonds. The number of benzene rings is 2. The van der Waals surface area contributed by atoms with Gasteiger partial charge in [0, 0.05) is 16.6 Å². The molecule has 2 aromatic carbocycles. The summed E-state index contributed by atoms with van der Waals surface area (Å²) >= 11 is 6.30. The molecule has 0 aromatic heterocycles. The minimum atomic E-state index is -0.279. The second kappa shape index (κ2) is 5.36. The Bertz CT molecular complexity index is 653. The van der Waals surface area contributed by atoms with Crippen LogP contribution in [0.5, 0.6) is 5.75 Å². The molecule has 1 N–H and O–H groups in total. The van der Waals surface area contributed by atoms with Crippen molar-refractivity contribution in [3.63, 3.8) is 0 Å². The van der Waals surface area contributed by atoms with Crippen LogP contribution in [0.4, 0.5) is 0 Å². The highest BCUT2D eigenvalue weighted by molar-refractivity contribution is 6.31. The molecular weight excluding hydrogens is 282 g/mol. The van der Waals surface area contributed by atoms with E-state index in [9.17, 15) is 0 Å². The number of nitrogens with one attached hydrogen (secondary N) is 1. The minimum absolute atomic E-state index is 0.139. The van der Waals surface area contributed by atoms with Gasteiger partial charge in [0.15, 0.2) is 0 Å². The van der Waals surface area contributed by atoms with Gasteiger partial charge >= 0.3 is 0 Å². The summed E-state index contributed by atoms with van der Waals surface area (Å²) in [7, 11) is 0. The lowest BCUT2D eigenvalue weighted by molar-refractivity contribution is 0.0919. The summed E-state index contributed by atoms with van der Waals surface area (Å²) in [5.41, 5.74) is 2.04. The third-order valence-electron chi connectivity index (χ3n) is 4.09. The van der Waals surface area contributed by atoms with Crippen molar-refractivity contribution in [3.05, 3.63) is 64.7 Å². The SMILES string of the molecule is C[C@H](NC1c2ccccc2OC1(C)C)c1ccccc1Cl. The second-order valence-electron chi connectivity index (χ2n) is 6.09. The Hall–Kier alpha value is -1.51. The number of hydrogen-bond donors (Lipinski definition) is 1. The van der Waals surface area contributed by atoms with E-state index in [1.165, 1.54) is 5.56 Å². The second-order valence-corrected chi connectivity index (χ2v) is 6.49. The van der Waals surface area contributed by atoms with Crippen molar-refractivity contribution in [1.82, 2.24) is 5.32 Å². The van der Waals surface area contributed by atoms with Gasteiger partial charge in [0.05, 0.1) is 6.04 Å². The first-order chi connectivity index (χ1) is 9.99. The van der Waals surface area contributed by atoms with Gasteiger partial charge in [-0.25, -0.2) is 0 Å². The molecule has 2 atom stereocenters. The quantitative estimate of drug-likeness (QED) is 0.870. The minimum Gasteiger partial charge on any atom is -0.486 e. The summed E-state index contributed by atoms with van der Waals surface area (Å²) in [6.45, 7) is 6.37. The van der Waals surface area contributed by atoms with Crippen molar-refractivity contribution < 1.29 is 4.74 Å². The monoisotopic (exact) mass is 301 g/mol. The third-order valence-corrected chi connectivity index (χ3v) is 4.43. The van der Waals surface area contributed by atoms with Crippen molar-refractivity contribution in [2.24, 2.45) is 0 Å². The fourth-order valence-electron chi connectivity index (χ4n) is 2.99. The van der Waals surface area contributed by atoms with Crippen LogP contribution in [-0.4, -0.2) is 5.60 Å². The van der Waals surface area contributed by atoms with E-state index >= 15 is 0 Å². The fraction of sp³-hybridized carbons (Fsp3) is 0.333. The van der Waals surface area contributed by atoms with E-state index in [1.807, 2.05) is 30.3 Å². The normalized spacial score (nSPS) is 20.7. The Morgan fingerprint density at radius 1 is 1.10 bits per heavy atom. The number of rotatable bonds is 3. The van der Waals surface area contributed by atoms with Crippen LogP contribution in [0.15, 0.2) is 48.5 Å². The van der Waals surface area contributed by atoms with Crippen molar-refractivity contribution in [3.8, 4) is 5.75 Å². The van der Waals surface area contributed by atoms with Gasteiger partial charge in [-0.1, -0.05) is 48.0 Å². The molecular formula is C18H20ClNO. The van der Waals surface area contributed by atoms with E-state index in [0.717, 1.165) is 16.3 Å². The molecule has 0 spiro atoms. The highest BCUT2D eigenvalue weighted by Gasteiger charge is 2.41. The van der Waals surface area contributed by atoms with E-state index in [4.69, 9.17) is 16.3 Å². The maximum absolute atomic E-state index is 6.30. The summed E-state index contributed by atoms with van der Waals surface area (Å²) in [5.74, 6) is 0.964. The highest BCUT2D eigenvalue weighted by Crippen LogP contribution is 2.44. The molecule has 0 saturated carbocycles. The van der Waals surface area contributed by atoms with E-state index < -0.39 is 0 Å². The number of para-hydroxylation sites is 1. The van der Waals surface area contributed by atoms with Gasteiger partial charge in [0.1, 0.15) is 11.4 Å². The van der Waals surface area contributed by atoms with Crippen LogP contribution in [0, 0.1) is 0 Å². The van der Waals surface area contributed by atoms with Crippen LogP contribution in [0.2, 0.25) is 5.02 Å². The molecule has 3 rings (SSSR count). The van der Waals surface area contributed by atoms with Gasteiger partial charge in [-0.15, -0.1) is 0 Å². The van der Waals surface area contributed by atoms with Gasteiger partial charge < -0.3 is 4.74 Å².